The van der Waals surface area contributed by atoms with Crippen molar-refractivity contribution in [1.82, 2.24) is 25.6 Å². The lowest BCUT2D eigenvalue weighted by Gasteiger charge is -2.35. The van der Waals surface area contributed by atoms with Crippen LogP contribution in [-0.4, -0.2) is 44.7 Å². The Balaban J connectivity index is 1.46. The molecular formula is C21H29N5O3. The molecule has 2 aromatic heterocycles. The van der Waals surface area contributed by atoms with Gasteiger partial charge in [0, 0.05) is 18.2 Å². The van der Waals surface area contributed by atoms with Crippen LogP contribution in [-0.2, 0) is 11.2 Å². The highest BCUT2D eigenvalue weighted by molar-refractivity contribution is 5.92. The normalized spacial score (nSPS) is 20.2. The van der Waals surface area contributed by atoms with E-state index in [1.54, 1.807) is 6.07 Å². The van der Waals surface area contributed by atoms with Gasteiger partial charge in [-0.15, -0.1) is 0 Å². The van der Waals surface area contributed by atoms with Gasteiger partial charge in [-0.3, -0.25) is 14.7 Å². The molecule has 156 valence electrons. The number of hydrogen-bond donors (Lipinski definition) is 2. The monoisotopic (exact) mass is 399 g/mol. The van der Waals surface area contributed by atoms with Crippen LogP contribution in [0, 0.1) is 13.8 Å². The number of likely N-dealkylation sites (tertiary alicyclic amines) is 1. The van der Waals surface area contributed by atoms with Gasteiger partial charge in [0.1, 0.15) is 11.5 Å². The van der Waals surface area contributed by atoms with Crippen molar-refractivity contribution in [1.29, 1.82) is 0 Å². The maximum Gasteiger partial charge on any atom is 0.271 e. The van der Waals surface area contributed by atoms with Crippen molar-refractivity contribution >= 4 is 11.8 Å². The Kier molecular flexibility index (Phi) is 5.69. The van der Waals surface area contributed by atoms with Crippen LogP contribution in [0.15, 0.2) is 10.6 Å². The minimum absolute atomic E-state index is 0.0515. The Labute approximate surface area is 170 Å². The molecule has 1 saturated carbocycles. The molecule has 0 bridgehead atoms. The fourth-order valence-electron chi connectivity index (χ4n) is 4.51. The summed E-state index contributed by atoms with van der Waals surface area (Å²) in [5, 5.41) is 14.3. The Morgan fingerprint density at radius 2 is 1.97 bits per heavy atom. The van der Waals surface area contributed by atoms with E-state index in [9.17, 15) is 9.59 Å². The molecule has 1 saturated heterocycles. The summed E-state index contributed by atoms with van der Waals surface area (Å²) in [6.07, 6.45) is 7.57. The molecule has 2 N–H and O–H groups in total. The molecule has 1 atom stereocenters. The third-order valence-corrected chi connectivity index (χ3v) is 6.21. The number of aromatic nitrogens is 3. The van der Waals surface area contributed by atoms with Gasteiger partial charge in [-0.25, -0.2) is 0 Å². The van der Waals surface area contributed by atoms with E-state index < -0.39 is 0 Å². The molecule has 2 fully saturated rings. The van der Waals surface area contributed by atoms with Gasteiger partial charge in [0.25, 0.3) is 5.91 Å². The second kappa shape index (κ2) is 8.39. The summed E-state index contributed by atoms with van der Waals surface area (Å²) >= 11 is 0. The zero-order valence-corrected chi connectivity index (χ0v) is 17.2. The number of amides is 2. The zero-order chi connectivity index (χ0) is 20.4. The molecule has 8 heteroatoms. The van der Waals surface area contributed by atoms with Gasteiger partial charge in [-0.05, 0) is 52.0 Å². The molecule has 4 rings (SSSR count). The van der Waals surface area contributed by atoms with Crippen LogP contribution in [0.2, 0.25) is 0 Å². The van der Waals surface area contributed by atoms with Crippen LogP contribution >= 0.6 is 0 Å². The highest BCUT2D eigenvalue weighted by atomic mass is 16.5. The predicted octanol–water partition coefficient (Wildman–Crippen LogP) is 2.98. The van der Waals surface area contributed by atoms with Crippen LogP contribution in [0.1, 0.15) is 84.2 Å². The molecule has 2 aromatic rings. The molecule has 2 amide bonds. The van der Waals surface area contributed by atoms with E-state index in [1.807, 2.05) is 18.7 Å². The fraction of sp³-hybridized carbons (Fsp3) is 0.619. The van der Waals surface area contributed by atoms with E-state index in [2.05, 4.69) is 20.7 Å². The average Bonchev–Trinajstić information content (AvgIpc) is 3.46. The Morgan fingerprint density at radius 1 is 1.21 bits per heavy atom. The molecule has 1 aliphatic carbocycles. The Hall–Kier alpha value is -2.64. The molecule has 0 radical (unpaired) electrons. The first-order chi connectivity index (χ1) is 14.0. The minimum Gasteiger partial charge on any atom is -0.361 e. The summed E-state index contributed by atoms with van der Waals surface area (Å²) in [6, 6.07) is 1.97. The van der Waals surface area contributed by atoms with Crippen LogP contribution in [0.25, 0.3) is 0 Å². The second-order valence-corrected chi connectivity index (χ2v) is 8.24. The van der Waals surface area contributed by atoms with Gasteiger partial charge in [0.05, 0.1) is 23.9 Å². The first kappa shape index (κ1) is 19.7. The van der Waals surface area contributed by atoms with Crippen molar-refractivity contribution in [2.75, 3.05) is 6.54 Å². The number of hydrogen-bond acceptors (Lipinski definition) is 5. The van der Waals surface area contributed by atoms with Crippen molar-refractivity contribution < 1.29 is 14.1 Å². The van der Waals surface area contributed by atoms with Crippen molar-refractivity contribution in [3.05, 3.63) is 34.5 Å². The highest BCUT2D eigenvalue weighted by Gasteiger charge is 2.31. The SMILES string of the molecule is Cc1noc(C)c1CC(=O)N1CCCC[C@@H]1c1cc(C(=O)NC2CCCC2)n[nH]1. The smallest absolute Gasteiger partial charge is 0.271 e. The van der Waals surface area contributed by atoms with E-state index in [0.29, 0.717) is 18.0 Å². The van der Waals surface area contributed by atoms with E-state index >= 15 is 0 Å². The Bertz CT molecular complexity index is 861. The maximum atomic E-state index is 13.1. The summed E-state index contributed by atoms with van der Waals surface area (Å²) < 4.78 is 5.20. The number of piperidine rings is 1. The third kappa shape index (κ3) is 4.21. The van der Waals surface area contributed by atoms with E-state index in [1.165, 1.54) is 12.8 Å². The summed E-state index contributed by atoms with van der Waals surface area (Å²) in [5.74, 6) is 0.608. The minimum atomic E-state index is -0.135. The van der Waals surface area contributed by atoms with Crippen molar-refractivity contribution in [2.45, 2.75) is 77.3 Å². The molecule has 29 heavy (non-hydrogen) atoms. The fourth-order valence-corrected chi connectivity index (χ4v) is 4.51. The first-order valence-electron chi connectivity index (χ1n) is 10.6. The molecule has 0 aromatic carbocycles. The molecule has 1 aliphatic heterocycles. The molecule has 2 aliphatic rings. The third-order valence-electron chi connectivity index (χ3n) is 6.21. The number of H-pyrrole nitrogens is 1. The van der Waals surface area contributed by atoms with Gasteiger partial charge in [0.15, 0.2) is 0 Å². The number of rotatable bonds is 5. The summed E-state index contributed by atoms with van der Waals surface area (Å²) in [5.41, 5.74) is 2.85. The lowest BCUT2D eigenvalue weighted by Crippen LogP contribution is -2.39. The Morgan fingerprint density at radius 3 is 2.69 bits per heavy atom. The van der Waals surface area contributed by atoms with E-state index in [4.69, 9.17) is 4.52 Å². The molecular weight excluding hydrogens is 370 g/mol. The standard InChI is InChI=1S/C21H29N5O3/c1-13-16(14(2)29-25-13)11-20(27)26-10-6-5-9-19(26)17-12-18(24-23-17)21(28)22-15-7-3-4-8-15/h12,15,19H,3-11H2,1-2H3,(H,22,28)(H,23,24)/t19-/m1/s1. The van der Waals surface area contributed by atoms with Gasteiger partial charge >= 0.3 is 0 Å². The summed E-state index contributed by atoms with van der Waals surface area (Å²) in [6.45, 7) is 4.40. The molecule has 8 nitrogen and oxygen atoms in total. The quantitative estimate of drug-likeness (QED) is 0.804. The number of aromatic amines is 1. The second-order valence-electron chi connectivity index (χ2n) is 8.24. The van der Waals surface area contributed by atoms with Crippen LogP contribution in [0.4, 0.5) is 0 Å². The average molecular weight is 399 g/mol. The summed E-state index contributed by atoms with van der Waals surface area (Å²) in [7, 11) is 0. The van der Waals surface area contributed by atoms with Gasteiger partial charge in [-0.1, -0.05) is 18.0 Å². The van der Waals surface area contributed by atoms with Gasteiger partial charge in [0.2, 0.25) is 5.91 Å². The van der Waals surface area contributed by atoms with Crippen molar-refractivity contribution in [3.8, 4) is 0 Å². The zero-order valence-electron chi connectivity index (χ0n) is 17.2. The van der Waals surface area contributed by atoms with Crippen LogP contribution < -0.4 is 5.32 Å². The maximum absolute atomic E-state index is 13.1. The van der Waals surface area contributed by atoms with Crippen molar-refractivity contribution in [3.63, 3.8) is 0 Å². The molecule has 0 spiro atoms. The van der Waals surface area contributed by atoms with E-state index in [-0.39, 0.29) is 30.3 Å². The topological polar surface area (TPSA) is 104 Å². The number of aryl methyl sites for hydroxylation is 2. The van der Waals surface area contributed by atoms with E-state index in [0.717, 1.165) is 49.1 Å². The number of carbonyl (C=O) groups is 2. The number of nitrogens with one attached hydrogen (secondary N) is 2. The van der Waals surface area contributed by atoms with Crippen LogP contribution in [0.5, 0.6) is 0 Å². The van der Waals surface area contributed by atoms with Crippen LogP contribution in [0.3, 0.4) is 0 Å². The largest absolute Gasteiger partial charge is 0.361 e. The molecule has 3 heterocycles. The lowest BCUT2D eigenvalue weighted by molar-refractivity contribution is -0.134. The molecule has 0 unspecified atom stereocenters. The number of carbonyl (C=O) groups excluding carboxylic acids is 2. The van der Waals surface area contributed by atoms with Gasteiger partial charge in [-0.2, -0.15) is 5.10 Å². The predicted molar refractivity (Wildman–Crippen MR) is 106 cm³/mol. The lowest BCUT2D eigenvalue weighted by atomic mass is 9.97. The summed E-state index contributed by atoms with van der Waals surface area (Å²) in [4.78, 5) is 27.5. The first-order valence-corrected chi connectivity index (χ1v) is 10.6. The van der Waals surface area contributed by atoms with Gasteiger partial charge < -0.3 is 14.7 Å². The number of nitrogens with zero attached hydrogens (tertiary/aromatic N) is 3. The van der Waals surface area contributed by atoms with Crippen molar-refractivity contribution in [2.24, 2.45) is 0 Å². The highest BCUT2D eigenvalue weighted by Crippen LogP contribution is 2.31.